The average molecular weight is 354 g/mol. The van der Waals surface area contributed by atoms with E-state index in [1.54, 1.807) is 38.3 Å². The zero-order chi connectivity index (χ0) is 17.8. The molecule has 0 aliphatic rings. The summed E-state index contributed by atoms with van der Waals surface area (Å²) in [6.45, 7) is 2.80. The molecule has 0 aromatic heterocycles. The predicted molar refractivity (Wildman–Crippen MR) is 91.0 cm³/mol. The molecule has 0 heterocycles. The van der Waals surface area contributed by atoms with Crippen LogP contribution in [0.3, 0.4) is 0 Å². The van der Waals surface area contributed by atoms with E-state index in [4.69, 9.17) is 9.47 Å². The Balaban J connectivity index is 2.56. The summed E-state index contributed by atoms with van der Waals surface area (Å²) in [6.07, 6.45) is 0. The SMILES string of the molecule is CCNC(=O)COC(=O)c1ccccc1SCC(=O)NCCOC. The van der Waals surface area contributed by atoms with Crippen molar-refractivity contribution in [1.82, 2.24) is 10.6 Å². The van der Waals surface area contributed by atoms with Crippen LogP contribution in [-0.2, 0) is 19.1 Å². The van der Waals surface area contributed by atoms with Crippen LogP contribution in [0.15, 0.2) is 29.2 Å². The Labute approximate surface area is 145 Å². The number of carbonyl (C=O) groups is 3. The molecule has 1 aromatic carbocycles. The Kier molecular flexibility index (Phi) is 9.55. The molecular formula is C16H22N2O5S. The van der Waals surface area contributed by atoms with Crippen LogP contribution >= 0.6 is 11.8 Å². The number of hydrogen-bond acceptors (Lipinski definition) is 6. The smallest absolute Gasteiger partial charge is 0.339 e. The summed E-state index contributed by atoms with van der Waals surface area (Å²) in [6, 6.07) is 6.80. The number of ether oxygens (including phenoxy) is 2. The van der Waals surface area contributed by atoms with E-state index in [1.807, 2.05) is 0 Å². The lowest BCUT2D eigenvalue weighted by atomic mass is 10.2. The molecule has 0 bridgehead atoms. The van der Waals surface area contributed by atoms with Crippen molar-refractivity contribution in [3.63, 3.8) is 0 Å². The van der Waals surface area contributed by atoms with Gasteiger partial charge >= 0.3 is 5.97 Å². The lowest BCUT2D eigenvalue weighted by Crippen LogP contribution is -2.29. The first-order valence-electron chi connectivity index (χ1n) is 7.49. The van der Waals surface area contributed by atoms with Crippen LogP contribution < -0.4 is 10.6 Å². The fourth-order valence-corrected chi connectivity index (χ4v) is 2.58. The van der Waals surface area contributed by atoms with E-state index >= 15 is 0 Å². The highest BCUT2D eigenvalue weighted by Gasteiger charge is 2.15. The summed E-state index contributed by atoms with van der Waals surface area (Å²) in [4.78, 5) is 35.8. The minimum atomic E-state index is -0.593. The van der Waals surface area contributed by atoms with Gasteiger partial charge in [0.2, 0.25) is 5.91 Å². The van der Waals surface area contributed by atoms with E-state index in [0.717, 1.165) is 0 Å². The highest BCUT2D eigenvalue weighted by Crippen LogP contribution is 2.23. The van der Waals surface area contributed by atoms with Gasteiger partial charge in [-0.3, -0.25) is 9.59 Å². The summed E-state index contributed by atoms with van der Waals surface area (Å²) in [7, 11) is 1.56. The topological polar surface area (TPSA) is 93.7 Å². The molecule has 8 heteroatoms. The standard InChI is InChI=1S/C16H22N2O5S/c1-3-17-14(19)10-23-16(21)12-6-4-5-7-13(12)24-11-15(20)18-8-9-22-2/h4-7H,3,8-11H2,1-2H3,(H,17,19)(H,18,20). The van der Waals surface area contributed by atoms with Crippen LogP contribution in [0.5, 0.6) is 0 Å². The number of esters is 1. The first kappa shape index (κ1) is 20.0. The van der Waals surface area contributed by atoms with Crippen LogP contribution in [0, 0.1) is 0 Å². The molecule has 24 heavy (non-hydrogen) atoms. The third kappa shape index (κ3) is 7.47. The maximum atomic E-state index is 12.1. The van der Waals surface area contributed by atoms with Crippen LogP contribution in [0.1, 0.15) is 17.3 Å². The normalized spacial score (nSPS) is 10.1. The van der Waals surface area contributed by atoms with Gasteiger partial charge in [-0.05, 0) is 19.1 Å². The molecule has 0 atom stereocenters. The van der Waals surface area contributed by atoms with Gasteiger partial charge in [-0.25, -0.2) is 4.79 Å². The first-order chi connectivity index (χ1) is 11.6. The predicted octanol–water partition coefficient (Wildman–Crippen LogP) is 0.834. The lowest BCUT2D eigenvalue weighted by molar-refractivity contribution is -0.124. The largest absolute Gasteiger partial charge is 0.452 e. The van der Waals surface area contributed by atoms with Gasteiger partial charge in [-0.2, -0.15) is 0 Å². The fraction of sp³-hybridized carbons (Fsp3) is 0.438. The Hall–Kier alpha value is -2.06. The van der Waals surface area contributed by atoms with Gasteiger partial charge in [0.1, 0.15) is 0 Å². The number of rotatable bonds is 10. The summed E-state index contributed by atoms with van der Waals surface area (Å²) < 4.78 is 9.84. The van der Waals surface area contributed by atoms with E-state index in [-0.39, 0.29) is 24.2 Å². The number of thioether (sulfide) groups is 1. The molecule has 0 saturated carbocycles. The van der Waals surface area contributed by atoms with Crippen molar-refractivity contribution < 1.29 is 23.9 Å². The number of benzene rings is 1. The first-order valence-corrected chi connectivity index (χ1v) is 8.48. The maximum Gasteiger partial charge on any atom is 0.339 e. The number of amides is 2. The van der Waals surface area contributed by atoms with Crippen LogP contribution in [0.2, 0.25) is 0 Å². The summed E-state index contributed by atoms with van der Waals surface area (Å²) >= 11 is 1.23. The van der Waals surface area contributed by atoms with E-state index in [0.29, 0.717) is 30.2 Å². The van der Waals surface area contributed by atoms with E-state index < -0.39 is 5.97 Å². The zero-order valence-corrected chi connectivity index (χ0v) is 14.6. The molecule has 132 valence electrons. The van der Waals surface area contributed by atoms with E-state index in [9.17, 15) is 14.4 Å². The van der Waals surface area contributed by atoms with Gasteiger partial charge in [0.25, 0.3) is 5.91 Å². The molecule has 2 amide bonds. The number of methoxy groups -OCH3 is 1. The molecule has 7 nitrogen and oxygen atoms in total. The molecule has 0 saturated heterocycles. The van der Waals surface area contributed by atoms with Gasteiger partial charge in [-0.15, -0.1) is 11.8 Å². The monoisotopic (exact) mass is 354 g/mol. The van der Waals surface area contributed by atoms with Crippen molar-refractivity contribution in [1.29, 1.82) is 0 Å². The third-order valence-electron chi connectivity index (χ3n) is 2.80. The van der Waals surface area contributed by atoms with Gasteiger partial charge < -0.3 is 20.1 Å². The molecule has 2 N–H and O–H groups in total. The second-order valence-corrected chi connectivity index (χ2v) is 5.67. The van der Waals surface area contributed by atoms with Crippen molar-refractivity contribution in [2.45, 2.75) is 11.8 Å². The molecule has 1 aromatic rings. The summed E-state index contributed by atoms with van der Waals surface area (Å²) in [5, 5.41) is 5.25. The Morgan fingerprint density at radius 1 is 1.12 bits per heavy atom. The second kappa shape index (κ2) is 11.5. The van der Waals surface area contributed by atoms with Gasteiger partial charge in [0.15, 0.2) is 6.61 Å². The van der Waals surface area contributed by atoms with Crippen molar-refractivity contribution >= 4 is 29.5 Å². The Morgan fingerprint density at radius 3 is 2.58 bits per heavy atom. The highest BCUT2D eigenvalue weighted by molar-refractivity contribution is 8.00. The molecule has 0 spiro atoms. The van der Waals surface area contributed by atoms with Crippen molar-refractivity contribution in [3.8, 4) is 0 Å². The Bertz CT molecular complexity index is 565. The third-order valence-corrected chi connectivity index (χ3v) is 3.88. The fourth-order valence-electron chi connectivity index (χ4n) is 1.71. The Morgan fingerprint density at radius 2 is 1.88 bits per heavy atom. The minimum absolute atomic E-state index is 0.150. The van der Waals surface area contributed by atoms with Crippen molar-refractivity contribution in [2.75, 3.05) is 39.2 Å². The summed E-state index contributed by atoms with van der Waals surface area (Å²) in [5.41, 5.74) is 0.330. The van der Waals surface area contributed by atoms with Crippen LogP contribution in [0.4, 0.5) is 0 Å². The molecule has 0 aliphatic carbocycles. The zero-order valence-electron chi connectivity index (χ0n) is 13.8. The molecule has 1 rings (SSSR count). The molecule has 0 unspecified atom stereocenters. The van der Waals surface area contributed by atoms with Gasteiger partial charge in [-0.1, -0.05) is 12.1 Å². The lowest BCUT2D eigenvalue weighted by Gasteiger charge is -2.09. The van der Waals surface area contributed by atoms with Crippen LogP contribution in [0.25, 0.3) is 0 Å². The molecular weight excluding hydrogens is 332 g/mol. The van der Waals surface area contributed by atoms with Crippen molar-refractivity contribution in [2.24, 2.45) is 0 Å². The van der Waals surface area contributed by atoms with Crippen molar-refractivity contribution in [3.05, 3.63) is 29.8 Å². The van der Waals surface area contributed by atoms with E-state index in [1.165, 1.54) is 11.8 Å². The molecule has 0 radical (unpaired) electrons. The van der Waals surface area contributed by atoms with Gasteiger partial charge in [0, 0.05) is 25.1 Å². The summed E-state index contributed by atoms with van der Waals surface area (Å²) in [5.74, 6) is -0.926. The number of hydrogen-bond donors (Lipinski definition) is 2. The minimum Gasteiger partial charge on any atom is -0.452 e. The highest BCUT2D eigenvalue weighted by atomic mass is 32.2. The number of carbonyl (C=O) groups excluding carboxylic acids is 3. The quantitative estimate of drug-likeness (QED) is 0.367. The van der Waals surface area contributed by atoms with Gasteiger partial charge in [0.05, 0.1) is 17.9 Å². The molecule has 0 aliphatic heterocycles. The van der Waals surface area contributed by atoms with Crippen LogP contribution in [-0.4, -0.2) is 56.9 Å². The average Bonchev–Trinajstić information content (AvgIpc) is 2.58. The second-order valence-electron chi connectivity index (χ2n) is 4.66. The maximum absolute atomic E-state index is 12.1. The number of likely N-dealkylation sites (N-methyl/N-ethyl adjacent to an activating group) is 1. The number of nitrogens with one attached hydrogen (secondary N) is 2. The van der Waals surface area contributed by atoms with E-state index in [2.05, 4.69) is 10.6 Å². The molecule has 0 fully saturated rings.